The highest BCUT2D eigenvalue weighted by Crippen LogP contribution is 2.30. The highest BCUT2D eigenvalue weighted by molar-refractivity contribution is 7.11. The quantitative estimate of drug-likeness (QED) is 0.926. The van der Waals surface area contributed by atoms with E-state index in [1.54, 1.807) is 12.4 Å². The Morgan fingerprint density at radius 2 is 2.18 bits per heavy atom. The lowest BCUT2D eigenvalue weighted by molar-refractivity contribution is 0.0468. The van der Waals surface area contributed by atoms with Crippen molar-refractivity contribution in [2.24, 2.45) is 5.92 Å². The van der Waals surface area contributed by atoms with Crippen molar-refractivity contribution in [2.75, 3.05) is 13.2 Å². The number of amides is 1. The number of nitrogens with one attached hydrogen (secondary N) is 1. The smallest absolute Gasteiger partial charge is 0.263 e. The summed E-state index contributed by atoms with van der Waals surface area (Å²) in [5.74, 6) is 1.10. The average molecular weight is 322 g/mol. The van der Waals surface area contributed by atoms with Crippen LogP contribution >= 0.6 is 11.3 Å². The molecule has 1 N–H and O–H groups in total. The van der Waals surface area contributed by atoms with Gasteiger partial charge in [-0.25, -0.2) is 4.98 Å². The van der Waals surface area contributed by atoms with E-state index in [0.717, 1.165) is 18.5 Å². The third-order valence-corrected chi connectivity index (χ3v) is 4.71. The molecule has 2 aromatic rings. The van der Waals surface area contributed by atoms with Gasteiger partial charge < -0.3 is 14.6 Å². The van der Waals surface area contributed by atoms with E-state index < -0.39 is 0 Å². The normalized spacial score (nSPS) is 17.4. The Kier molecular flexibility index (Phi) is 4.49. The zero-order valence-electron chi connectivity index (χ0n) is 12.5. The summed E-state index contributed by atoms with van der Waals surface area (Å²) in [7, 11) is 0. The van der Waals surface area contributed by atoms with Crippen LogP contribution in [0, 0.1) is 19.8 Å². The first-order chi connectivity index (χ1) is 10.6. The molecule has 7 nitrogen and oxygen atoms in total. The molecular formula is C14H18N4O3S. The topological polar surface area (TPSA) is 90.1 Å². The molecule has 1 amide bonds. The first-order valence-corrected chi connectivity index (χ1v) is 8.12. The minimum absolute atomic E-state index is 0.146. The molecular weight excluding hydrogens is 304 g/mol. The number of carbonyl (C=O) groups excluding carboxylic acids is 1. The first kappa shape index (κ1) is 15.1. The third-order valence-electron chi connectivity index (χ3n) is 3.79. The molecule has 1 aliphatic rings. The van der Waals surface area contributed by atoms with Crippen LogP contribution in [0.25, 0.3) is 0 Å². The molecule has 8 heteroatoms. The fraction of sp³-hybridized carbons (Fsp3) is 0.571. The van der Waals surface area contributed by atoms with Gasteiger partial charge >= 0.3 is 0 Å². The Labute approximate surface area is 132 Å². The van der Waals surface area contributed by atoms with E-state index in [1.165, 1.54) is 11.3 Å². The van der Waals surface area contributed by atoms with Gasteiger partial charge in [0.2, 0.25) is 5.89 Å². The molecule has 3 rings (SSSR count). The summed E-state index contributed by atoms with van der Waals surface area (Å²) in [6.45, 7) is 4.96. The number of carbonyl (C=O) groups is 1. The standard InChI is InChI=1S/C14H18N4O3S/c1-8-12(22-7-15-8)13(19)17-11(10-3-5-20-6-4-10)14-16-9(2)18-21-14/h7,10-11H,3-6H2,1-2H3,(H,17,19). The van der Waals surface area contributed by atoms with E-state index in [-0.39, 0.29) is 17.9 Å². The number of thiazole rings is 1. The second-order valence-corrected chi connectivity index (χ2v) is 6.20. The lowest BCUT2D eigenvalue weighted by atomic mass is 9.91. The number of aromatic nitrogens is 3. The SMILES string of the molecule is Cc1noc(C(NC(=O)c2scnc2C)C2CCOCC2)n1. The Balaban J connectivity index is 1.82. The van der Waals surface area contributed by atoms with E-state index in [2.05, 4.69) is 20.4 Å². The minimum Gasteiger partial charge on any atom is -0.381 e. The zero-order valence-corrected chi connectivity index (χ0v) is 13.4. The fourth-order valence-corrected chi connectivity index (χ4v) is 3.30. The number of rotatable bonds is 4. The molecule has 118 valence electrons. The summed E-state index contributed by atoms with van der Waals surface area (Å²) >= 11 is 1.33. The maximum atomic E-state index is 12.5. The Morgan fingerprint density at radius 1 is 1.41 bits per heavy atom. The summed E-state index contributed by atoms with van der Waals surface area (Å²) in [6, 6.07) is -0.293. The van der Waals surface area contributed by atoms with Gasteiger partial charge in [0.1, 0.15) is 10.9 Å². The third kappa shape index (κ3) is 3.17. The first-order valence-electron chi connectivity index (χ1n) is 7.24. The van der Waals surface area contributed by atoms with Crippen molar-refractivity contribution < 1.29 is 14.1 Å². The summed E-state index contributed by atoms with van der Waals surface area (Å²) in [6.07, 6.45) is 1.71. The molecule has 1 fully saturated rings. The van der Waals surface area contributed by atoms with Gasteiger partial charge in [0.15, 0.2) is 5.82 Å². The largest absolute Gasteiger partial charge is 0.381 e. The van der Waals surface area contributed by atoms with Gasteiger partial charge in [0.05, 0.1) is 11.2 Å². The van der Waals surface area contributed by atoms with E-state index in [9.17, 15) is 4.79 Å². The summed E-state index contributed by atoms with van der Waals surface area (Å²) in [5, 5.41) is 6.88. The van der Waals surface area contributed by atoms with Crippen LogP contribution in [0.1, 0.15) is 46.0 Å². The van der Waals surface area contributed by atoms with Crippen LogP contribution in [0.5, 0.6) is 0 Å². The summed E-state index contributed by atoms with van der Waals surface area (Å²) in [5.41, 5.74) is 2.40. The van der Waals surface area contributed by atoms with Crippen LogP contribution in [0.15, 0.2) is 10.0 Å². The van der Waals surface area contributed by atoms with E-state index in [0.29, 0.717) is 29.8 Å². The van der Waals surface area contributed by atoms with Gasteiger partial charge in [0.25, 0.3) is 5.91 Å². The molecule has 1 saturated heterocycles. The Morgan fingerprint density at radius 3 is 2.77 bits per heavy atom. The van der Waals surface area contributed by atoms with Gasteiger partial charge in [-0.3, -0.25) is 4.79 Å². The van der Waals surface area contributed by atoms with Crippen LogP contribution < -0.4 is 5.32 Å². The molecule has 3 heterocycles. The van der Waals surface area contributed by atoms with Gasteiger partial charge in [-0.2, -0.15) is 4.98 Å². The second-order valence-electron chi connectivity index (χ2n) is 5.35. The van der Waals surface area contributed by atoms with E-state index in [4.69, 9.17) is 9.26 Å². The predicted molar refractivity (Wildman–Crippen MR) is 79.6 cm³/mol. The minimum atomic E-state index is -0.293. The molecule has 0 saturated carbocycles. The van der Waals surface area contributed by atoms with Crippen molar-refractivity contribution in [3.05, 3.63) is 27.8 Å². The molecule has 0 bridgehead atoms. The fourth-order valence-electron chi connectivity index (χ4n) is 2.60. The highest BCUT2D eigenvalue weighted by Gasteiger charge is 2.32. The zero-order chi connectivity index (χ0) is 15.5. The molecule has 1 aliphatic heterocycles. The molecule has 2 aromatic heterocycles. The van der Waals surface area contributed by atoms with E-state index in [1.807, 2.05) is 6.92 Å². The maximum absolute atomic E-state index is 12.5. The van der Waals surface area contributed by atoms with Crippen molar-refractivity contribution in [2.45, 2.75) is 32.7 Å². The average Bonchev–Trinajstić information content (AvgIpc) is 3.14. The predicted octanol–water partition coefficient (Wildman–Crippen LogP) is 2.04. The molecule has 1 unspecified atom stereocenters. The number of ether oxygens (including phenoxy) is 1. The molecule has 22 heavy (non-hydrogen) atoms. The summed E-state index contributed by atoms with van der Waals surface area (Å²) in [4.78, 5) is 21.5. The van der Waals surface area contributed by atoms with Crippen molar-refractivity contribution >= 4 is 17.2 Å². The number of hydrogen-bond donors (Lipinski definition) is 1. The van der Waals surface area contributed by atoms with Gasteiger partial charge in [-0.05, 0) is 32.6 Å². The summed E-state index contributed by atoms with van der Waals surface area (Å²) < 4.78 is 10.7. The molecule has 0 aromatic carbocycles. The van der Waals surface area contributed by atoms with Gasteiger partial charge in [0, 0.05) is 13.2 Å². The molecule has 0 aliphatic carbocycles. The lowest BCUT2D eigenvalue weighted by Gasteiger charge is -2.28. The highest BCUT2D eigenvalue weighted by atomic mass is 32.1. The van der Waals surface area contributed by atoms with Crippen molar-refractivity contribution in [3.8, 4) is 0 Å². The number of nitrogens with zero attached hydrogens (tertiary/aromatic N) is 3. The van der Waals surface area contributed by atoms with Crippen molar-refractivity contribution in [1.29, 1.82) is 0 Å². The molecule has 0 spiro atoms. The number of hydrogen-bond acceptors (Lipinski definition) is 7. The van der Waals surface area contributed by atoms with Crippen LogP contribution in [0.2, 0.25) is 0 Å². The Hall–Kier alpha value is -1.80. The van der Waals surface area contributed by atoms with Gasteiger partial charge in [-0.15, -0.1) is 11.3 Å². The van der Waals surface area contributed by atoms with Crippen LogP contribution in [-0.2, 0) is 4.74 Å². The van der Waals surface area contributed by atoms with E-state index >= 15 is 0 Å². The second kappa shape index (κ2) is 6.53. The van der Waals surface area contributed by atoms with Crippen molar-refractivity contribution in [1.82, 2.24) is 20.4 Å². The van der Waals surface area contributed by atoms with Crippen LogP contribution in [0.4, 0.5) is 0 Å². The molecule has 1 atom stereocenters. The van der Waals surface area contributed by atoms with Crippen LogP contribution in [0.3, 0.4) is 0 Å². The Bertz CT molecular complexity index is 648. The van der Waals surface area contributed by atoms with Crippen molar-refractivity contribution in [3.63, 3.8) is 0 Å². The maximum Gasteiger partial charge on any atom is 0.263 e. The van der Waals surface area contributed by atoms with Gasteiger partial charge in [-0.1, -0.05) is 5.16 Å². The van der Waals surface area contributed by atoms with Crippen LogP contribution in [-0.4, -0.2) is 34.2 Å². The lowest BCUT2D eigenvalue weighted by Crippen LogP contribution is -2.36. The number of aryl methyl sites for hydroxylation is 2. The monoisotopic (exact) mass is 322 g/mol. The molecule has 0 radical (unpaired) electrons.